The van der Waals surface area contributed by atoms with Crippen LogP contribution in [0.25, 0.3) is 44.3 Å². The van der Waals surface area contributed by atoms with E-state index in [1.54, 1.807) is 0 Å². The highest BCUT2D eigenvalue weighted by Gasteiger charge is 2.10. The molecule has 0 radical (unpaired) electrons. The van der Waals surface area contributed by atoms with Crippen LogP contribution in [0.3, 0.4) is 0 Å². The number of hydrogen-bond acceptors (Lipinski definition) is 3. The fraction of sp³-hybridized carbons (Fsp3) is 0. The van der Waals surface area contributed by atoms with Crippen molar-refractivity contribution in [2.24, 2.45) is 0 Å². The number of benzene rings is 4. The van der Waals surface area contributed by atoms with Crippen molar-refractivity contribution in [1.29, 1.82) is 0 Å². The van der Waals surface area contributed by atoms with Crippen molar-refractivity contribution >= 4 is 33.1 Å². The second-order valence-electron chi connectivity index (χ2n) is 6.38. The Labute approximate surface area is 161 Å². The van der Waals surface area contributed by atoms with Crippen molar-refractivity contribution in [2.45, 2.75) is 0 Å². The molecule has 4 aromatic carbocycles. The minimum atomic E-state index is 0.191. The van der Waals surface area contributed by atoms with E-state index in [2.05, 4.69) is 63.5 Å². The lowest BCUT2D eigenvalue weighted by molar-refractivity contribution is 1.07. The zero-order valence-electron chi connectivity index (χ0n) is 14.3. The van der Waals surface area contributed by atoms with Crippen LogP contribution < -0.4 is 0 Å². The van der Waals surface area contributed by atoms with E-state index >= 15 is 0 Å². The van der Waals surface area contributed by atoms with E-state index in [0.29, 0.717) is 11.6 Å². The highest BCUT2D eigenvalue weighted by Crippen LogP contribution is 2.26. The molecule has 0 spiro atoms. The van der Waals surface area contributed by atoms with Gasteiger partial charge in [-0.2, -0.15) is 9.97 Å². The Morgan fingerprint density at radius 2 is 0.926 bits per heavy atom. The van der Waals surface area contributed by atoms with Crippen LogP contribution in [0, 0.1) is 0 Å². The van der Waals surface area contributed by atoms with Gasteiger partial charge in [0.1, 0.15) is 0 Å². The molecule has 0 aliphatic heterocycles. The van der Waals surface area contributed by atoms with Crippen molar-refractivity contribution in [3.8, 4) is 22.8 Å². The van der Waals surface area contributed by atoms with Crippen LogP contribution in [0.4, 0.5) is 0 Å². The molecule has 0 bridgehead atoms. The predicted molar refractivity (Wildman–Crippen MR) is 111 cm³/mol. The van der Waals surface area contributed by atoms with E-state index in [0.717, 1.165) is 21.9 Å². The second-order valence-corrected chi connectivity index (χ2v) is 6.71. The summed E-state index contributed by atoms with van der Waals surface area (Å²) < 4.78 is 0. The summed E-state index contributed by atoms with van der Waals surface area (Å²) in [6, 6.07) is 28.7. The molecule has 0 saturated carbocycles. The molecule has 0 unspecified atom stereocenters. The molecule has 0 fully saturated rings. The minimum Gasteiger partial charge on any atom is -0.208 e. The Kier molecular flexibility index (Phi) is 3.80. The Hall–Kier alpha value is -3.30. The van der Waals surface area contributed by atoms with Crippen molar-refractivity contribution in [3.05, 3.63) is 90.2 Å². The second kappa shape index (κ2) is 6.45. The summed E-state index contributed by atoms with van der Waals surface area (Å²) in [5.74, 6) is 1.15. The number of rotatable bonds is 2. The van der Waals surface area contributed by atoms with Crippen LogP contribution in [0.1, 0.15) is 0 Å². The Morgan fingerprint density at radius 1 is 0.481 bits per heavy atom. The maximum atomic E-state index is 6.22. The van der Waals surface area contributed by atoms with Crippen LogP contribution in [0.2, 0.25) is 5.28 Å². The van der Waals surface area contributed by atoms with Crippen molar-refractivity contribution < 1.29 is 0 Å². The summed E-state index contributed by atoms with van der Waals surface area (Å²) in [5, 5.41) is 4.82. The standard InChI is InChI=1S/C23H14ClN3/c24-23-26-21(19-11-9-15-5-1-3-7-17(15)13-19)25-22(27-23)20-12-10-16-6-2-4-8-18(16)14-20/h1-14H. The molecule has 5 aromatic rings. The molecule has 0 saturated heterocycles. The first kappa shape index (κ1) is 15.9. The lowest BCUT2D eigenvalue weighted by Gasteiger charge is -2.07. The molecular formula is C23H14ClN3. The van der Waals surface area contributed by atoms with Gasteiger partial charge in [0.05, 0.1) is 0 Å². The van der Waals surface area contributed by atoms with E-state index in [-0.39, 0.29) is 5.28 Å². The molecule has 4 heteroatoms. The normalized spacial score (nSPS) is 11.1. The molecule has 0 atom stereocenters. The number of aromatic nitrogens is 3. The number of hydrogen-bond donors (Lipinski definition) is 0. The molecule has 128 valence electrons. The van der Waals surface area contributed by atoms with Gasteiger partial charge < -0.3 is 0 Å². The molecule has 3 nitrogen and oxygen atoms in total. The van der Waals surface area contributed by atoms with Gasteiger partial charge in [-0.15, -0.1) is 0 Å². The van der Waals surface area contributed by atoms with Gasteiger partial charge in [-0.1, -0.05) is 72.8 Å². The van der Waals surface area contributed by atoms with Gasteiger partial charge >= 0.3 is 0 Å². The average molecular weight is 368 g/mol. The minimum absolute atomic E-state index is 0.191. The third kappa shape index (κ3) is 3.03. The van der Waals surface area contributed by atoms with Crippen molar-refractivity contribution in [3.63, 3.8) is 0 Å². The molecule has 0 aliphatic carbocycles. The van der Waals surface area contributed by atoms with E-state index in [1.807, 2.05) is 36.4 Å². The van der Waals surface area contributed by atoms with Crippen LogP contribution in [-0.4, -0.2) is 15.0 Å². The van der Waals surface area contributed by atoms with Gasteiger partial charge in [0.2, 0.25) is 5.28 Å². The SMILES string of the molecule is Clc1nc(-c2ccc3ccccc3c2)nc(-c2ccc3ccccc3c2)n1. The maximum absolute atomic E-state index is 6.22. The molecule has 0 amide bonds. The van der Waals surface area contributed by atoms with Gasteiger partial charge in [-0.25, -0.2) is 4.98 Å². The first-order valence-corrected chi connectivity index (χ1v) is 9.04. The summed E-state index contributed by atoms with van der Waals surface area (Å²) in [6.45, 7) is 0. The Balaban J connectivity index is 1.64. The fourth-order valence-electron chi connectivity index (χ4n) is 3.27. The molecule has 1 aromatic heterocycles. The quantitative estimate of drug-likeness (QED) is 0.374. The third-order valence-electron chi connectivity index (χ3n) is 4.62. The van der Waals surface area contributed by atoms with Gasteiger partial charge in [0, 0.05) is 11.1 Å². The predicted octanol–water partition coefficient (Wildman–Crippen LogP) is 6.17. The summed E-state index contributed by atoms with van der Waals surface area (Å²) in [6.07, 6.45) is 0. The Morgan fingerprint density at radius 3 is 1.41 bits per heavy atom. The smallest absolute Gasteiger partial charge is 0.208 e. The first-order chi connectivity index (χ1) is 13.3. The molecule has 0 aliphatic rings. The lowest BCUT2D eigenvalue weighted by Crippen LogP contribution is -1.97. The summed E-state index contributed by atoms with van der Waals surface area (Å²) in [7, 11) is 0. The number of fused-ring (bicyclic) bond motifs is 2. The molecule has 1 heterocycles. The van der Waals surface area contributed by atoms with E-state index in [9.17, 15) is 0 Å². The van der Waals surface area contributed by atoms with Gasteiger partial charge in [-0.05, 0) is 45.3 Å². The van der Waals surface area contributed by atoms with Crippen LogP contribution in [0.15, 0.2) is 84.9 Å². The molecule has 5 rings (SSSR count). The van der Waals surface area contributed by atoms with E-state index in [1.165, 1.54) is 10.8 Å². The highest BCUT2D eigenvalue weighted by molar-refractivity contribution is 6.28. The monoisotopic (exact) mass is 367 g/mol. The zero-order chi connectivity index (χ0) is 18.2. The lowest BCUT2D eigenvalue weighted by atomic mass is 10.1. The van der Waals surface area contributed by atoms with Gasteiger partial charge in [-0.3, -0.25) is 0 Å². The summed E-state index contributed by atoms with van der Waals surface area (Å²) in [5.41, 5.74) is 1.83. The first-order valence-electron chi connectivity index (χ1n) is 8.66. The summed E-state index contributed by atoms with van der Waals surface area (Å²) in [4.78, 5) is 13.4. The molecule has 27 heavy (non-hydrogen) atoms. The zero-order valence-corrected chi connectivity index (χ0v) is 15.1. The molecular weight excluding hydrogens is 354 g/mol. The van der Waals surface area contributed by atoms with Crippen LogP contribution in [0.5, 0.6) is 0 Å². The molecule has 0 N–H and O–H groups in total. The van der Waals surface area contributed by atoms with Crippen LogP contribution in [-0.2, 0) is 0 Å². The van der Waals surface area contributed by atoms with Crippen molar-refractivity contribution in [2.75, 3.05) is 0 Å². The topological polar surface area (TPSA) is 38.7 Å². The van der Waals surface area contributed by atoms with Gasteiger partial charge in [0.15, 0.2) is 11.6 Å². The number of halogens is 1. The third-order valence-corrected chi connectivity index (χ3v) is 4.79. The van der Waals surface area contributed by atoms with Gasteiger partial charge in [0.25, 0.3) is 0 Å². The fourth-order valence-corrected chi connectivity index (χ4v) is 3.43. The van der Waals surface area contributed by atoms with E-state index < -0.39 is 0 Å². The largest absolute Gasteiger partial charge is 0.226 e. The van der Waals surface area contributed by atoms with Crippen LogP contribution >= 0.6 is 11.6 Å². The maximum Gasteiger partial charge on any atom is 0.226 e. The average Bonchev–Trinajstić information content (AvgIpc) is 2.72. The Bertz CT molecular complexity index is 1200. The number of nitrogens with zero attached hydrogens (tertiary/aromatic N) is 3. The highest BCUT2D eigenvalue weighted by atomic mass is 35.5. The van der Waals surface area contributed by atoms with Crippen molar-refractivity contribution in [1.82, 2.24) is 15.0 Å². The summed E-state index contributed by atoms with van der Waals surface area (Å²) >= 11 is 6.22. The van der Waals surface area contributed by atoms with E-state index in [4.69, 9.17) is 11.6 Å².